The molecule has 0 aliphatic heterocycles. The van der Waals surface area contributed by atoms with Crippen LogP contribution in [0.5, 0.6) is 0 Å². The number of hydrogen-bond donors (Lipinski definition) is 2. The molecule has 68 valence electrons. The van der Waals surface area contributed by atoms with Gasteiger partial charge >= 0.3 is 0 Å². The highest BCUT2D eigenvalue weighted by Gasteiger charge is 2.08. The maximum atomic E-state index is 5.88. The van der Waals surface area contributed by atoms with Gasteiger partial charge in [0.15, 0.2) is 0 Å². The van der Waals surface area contributed by atoms with E-state index in [0.717, 1.165) is 15.9 Å². The van der Waals surface area contributed by atoms with Crippen molar-refractivity contribution in [3.05, 3.63) is 23.1 Å². The van der Waals surface area contributed by atoms with Gasteiger partial charge in [-0.2, -0.15) is 0 Å². The second kappa shape index (κ2) is 3.52. The highest BCUT2D eigenvalue weighted by molar-refractivity contribution is 9.08. The third-order valence-electron chi connectivity index (χ3n) is 1.99. The lowest BCUT2D eigenvalue weighted by atomic mass is 10.1. The predicted molar refractivity (Wildman–Crippen MR) is 66.1 cm³/mol. The van der Waals surface area contributed by atoms with Gasteiger partial charge in [-0.1, -0.05) is 15.9 Å². The predicted octanol–water partition coefficient (Wildman–Crippen LogP) is 3.67. The number of fused-ring (bicyclic) bond motifs is 1. The molecule has 0 saturated heterocycles. The molecule has 2 rings (SSSR count). The SMILES string of the molecule is Nc1cc(S)c2ccsc2c1CBr. The fourth-order valence-corrected chi connectivity index (χ4v) is 3.49. The number of rotatable bonds is 1. The summed E-state index contributed by atoms with van der Waals surface area (Å²) < 4.78 is 1.24. The Bertz CT molecular complexity index is 450. The van der Waals surface area contributed by atoms with Gasteiger partial charge in [-0.15, -0.1) is 24.0 Å². The molecule has 0 aliphatic rings. The van der Waals surface area contributed by atoms with Gasteiger partial charge in [-0.25, -0.2) is 0 Å². The largest absolute Gasteiger partial charge is 0.398 e. The van der Waals surface area contributed by atoms with Gasteiger partial charge < -0.3 is 5.73 Å². The maximum absolute atomic E-state index is 5.88. The monoisotopic (exact) mass is 273 g/mol. The van der Waals surface area contributed by atoms with Crippen molar-refractivity contribution >= 4 is 55.7 Å². The number of nitrogens with two attached hydrogens (primary N) is 1. The summed E-state index contributed by atoms with van der Waals surface area (Å²) in [7, 11) is 0. The molecule has 0 unspecified atom stereocenters. The Morgan fingerprint density at radius 2 is 2.31 bits per heavy atom. The van der Waals surface area contributed by atoms with Crippen LogP contribution in [-0.2, 0) is 5.33 Å². The smallest absolute Gasteiger partial charge is 0.0414 e. The Labute approximate surface area is 94.5 Å². The Balaban J connectivity index is 2.88. The zero-order valence-electron chi connectivity index (χ0n) is 6.75. The molecule has 0 amide bonds. The quantitative estimate of drug-likeness (QED) is 0.463. The summed E-state index contributed by atoms with van der Waals surface area (Å²) >= 11 is 9.53. The highest BCUT2D eigenvalue weighted by Crippen LogP contribution is 2.34. The van der Waals surface area contributed by atoms with Gasteiger partial charge in [0, 0.05) is 31.6 Å². The van der Waals surface area contributed by atoms with Gasteiger partial charge in [0.2, 0.25) is 0 Å². The molecule has 2 N–H and O–H groups in total. The maximum Gasteiger partial charge on any atom is 0.0414 e. The van der Waals surface area contributed by atoms with Crippen molar-refractivity contribution in [1.29, 1.82) is 0 Å². The molecule has 13 heavy (non-hydrogen) atoms. The van der Waals surface area contributed by atoms with Crippen molar-refractivity contribution in [2.24, 2.45) is 0 Å². The molecular formula is C9H8BrNS2. The third kappa shape index (κ3) is 1.47. The standard InChI is InChI=1S/C9H8BrNS2/c10-4-6-7(11)3-8(12)5-1-2-13-9(5)6/h1-3,12H,4,11H2. The van der Waals surface area contributed by atoms with Crippen LogP contribution < -0.4 is 5.73 Å². The van der Waals surface area contributed by atoms with E-state index in [0.29, 0.717) is 0 Å². The molecule has 0 spiro atoms. The number of thiol groups is 1. The van der Waals surface area contributed by atoms with Gasteiger partial charge in [0.25, 0.3) is 0 Å². The van der Waals surface area contributed by atoms with E-state index < -0.39 is 0 Å². The first-order valence-electron chi connectivity index (χ1n) is 3.77. The molecule has 0 saturated carbocycles. The van der Waals surface area contributed by atoms with Crippen molar-refractivity contribution in [2.75, 3.05) is 5.73 Å². The van der Waals surface area contributed by atoms with Crippen LogP contribution in [-0.4, -0.2) is 0 Å². The van der Waals surface area contributed by atoms with Crippen LogP contribution in [0.3, 0.4) is 0 Å². The number of thiophene rings is 1. The lowest BCUT2D eigenvalue weighted by molar-refractivity contribution is 1.46. The van der Waals surface area contributed by atoms with E-state index in [4.69, 9.17) is 5.73 Å². The minimum Gasteiger partial charge on any atom is -0.398 e. The third-order valence-corrected chi connectivity index (χ3v) is 3.89. The molecule has 1 aromatic heterocycles. The van der Waals surface area contributed by atoms with Gasteiger partial charge in [0.1, 0.15) is 0 Å². The number of benzene rings is 1. The van der Waals surface area contributed by atoms with Crippen molar-refractivity contribution in [3.63, 3.8) is 0 Å². The number of anilines is 1. The van der Waals surface area contributed by atoms with E-state index in [1.54, 1.807) is 11.3 Å². The number of alkyl halides is 1. The van der Waals surface area contributed by atoms with Gasteiger partial charge in [-0.3, -0.25) is 0 Å². The fraction of sp³-hybridized carbons (Fsp3) is 0.111. The van der Waals surface area contributed by atoms with Crippen LogP contribution in [0.1, 0.15) is 5.56 Å². The molecule has 1 heterocycles. The summed E-state index contributed by atoms with van der Waals surface area (Å²) in [6.45, 7) is 0. The topological polar surface area (TPSA) is 26.0 Å². The Morgan fingerprint density at radius 1 is 1.54 bits per heavy atom. The summed E-state index contributed by atoms with van der Waals surface area (Å²) in [6, 6.07) is 3.99. The van der Waals surface area contributed by atoms with Crippen molar-refractivity contribution in [1.82, 2.24) is 0 Å². The van der Waals surface area contributed by atoms with Crippen molar-refractivity contribution in [2.45, 2.75) is 10.2 Å². The summed E-state index contributed by atoms with van der Waals surface area (Å²) in [5, 5.41) is 4.05. The normalized spacial score (nSPS) is 10.9. The van der Waals surface area contributed by atoms with Crippen LogP contribution in [0.15, 0.2) is 22.4 Å². The average molecular weight is 274 g/mol. The fourth-order valence-electron chi connectivity index (χ4n) is 1.33. The van der Waals surface area contributed by atoms with E-state index in [-0.39, 0.29) is 0 Å². The highest BCUT2D eigenvalue weighted by atomic mass is 79.9. The second-order valence-electron chi connectivity index (χ2n) is 2.76. The summed E-state index contributed by atoms with van der Waals surface area (Å²) in [4.78, 5) is 0.957. The van der Waals surface area contributed by atoms with Crippen molar-refractivity contribution in [3.8, 4) is 0 Å². The van der Waals surface area contributed by atoms with Crippen molar-refractivity contribution < 1.29 is 0 Å². The first-order chi connectivity index (χ1) is 6.24. The van der Waals surface area contributed by atoms with E-state index in [1.807, 2.05) is 6.07 Å². The second-order valence-corrected chi connectivity index (χ2v) is 4.72. The molecule has 0 radical (unpaired) electrons. The summed E-state index contributed by atoms with van der Waals surface area (Å²) in [6.07, 6.45) is 0. The molecule has 0 bridgehead atoms. The first-order valence-corrected chi connectivity index (χ1v) is 6.22. The van der Waals surface area contributed by atoms with Crippen LogP contribution >= 0.6 is 39.9 Å². The molecule has 0 aliphatic carbocycles. The van der Waals surface area contributed by atoms with Gasteiger partial charge in [-0.05, 0) is 17.5 Å². The summed E-state index contributed by atoms with van der Waals surface area (Å²) in [5.41, 5.74) is 7.87. The molecule has 4 heteroatoms. The lowest BCUT2D eigenvalue weighted by Gasteiger charge is -2.05. The van der Waals surface area contributed by atoms with E-state index >= 15 is 0 Å². The molecule has 2 aromatic rings. The van der Waals surface area contributed by atoms with E-state index in [9.17, 15) is 0 Å². The van der Waals surface area contributed by atoms with E-state index in [1.165, 1.54) is 15.6 Å². The Morgan fingerprint density at radius 3 is 3.00 bits per heavy atom. The lowest BCUT2D eigenvalue weighted by Crippen LogP contribution is -1.91. The van der Waals surface area contributed by atoms with E-state index in [2.05, 4.69) is 40.0 Å². The van der Waals surface area contributed by atoms with Crippen LogP contribution in [0, 0.1) is 0 Å². The molecule has 1 nitrogen and oxygen atoms in total. The zero-order valence-corrected chi connectivity index (χ0v) is 10.0. The average Bonchev–Trinajstić information content (AvgIpc) is 2.53. The van der Waals surface area contributed by atoms with Crippen LogP contribution in [0.25, 0.3) is 10.1 Å². The molecule has 0 atom stereocenters. The Hall–Kier alpha value is -0.190. The zero-order chi connectivity index (χ0) is 9.42. The summed E-state index contributed by atoms with van der Waals surface area (Å²) in [5.74, 6) is 0. The van der Waals surface area contributed by atoms with Crippen LogP contribution in [0.4, 0.5) is 5.69 Å². The molecular weight excluding hydrogens is 266 g/mol. The number of hydrogen-bond acceptors (Lipinski definition) is 3. The van der Waals surface area contributed by atoms with Gasteiger partial charge in [0.05, 0.1) is 0 Å². The minimum atomic E-state index is 0.796. The molecule has 1 aromatic carbocycles. The first kappa shape index (κ1) is 9.37. The van der Waals surface area contributed by atoms with Crippen LogP contribution in [0.2, 0.25) is 0 Å². The molecule has 0 fully saturated rings. The minimum absolute atomic E-state index is 0.796. The number of nitrogen functional groups attached to an aromatic ring is 1. The number of halogens is 1. The Kier molecular flexibility index (Phi) is 2.53.